The van der Waals surface area contributed by atoms with Gasteiger partial charge in [-0.3, -0.25) is 0 Å². The number of rotatable bonds is 2. The molecule has 1 aromatic carbocycles. The number of hydrogen-bond acceptors (Lipinski definition) is 3. The SMILES string of the molecule is COc1cc2c(cc1OC)OC(C)(C)C(Br)=C2. The molecule has 17 heavy (non-hydrogen) atoms. The predicted molar refractivity (Wildman–Crippen MR) is 71.2 cm³/mol. The minimum absolute atomic E-state index is 0.355. The van der Waals surface area contributed by atoms with E-state index in [1.807, 2.05) is 32.1 Å². The Balaban J connectivity index is 2.55. The molecule has 0 unspecified atom stereocenters. The van der Waals surface area contributed by atoms with Crippen LogP contribution in [-0.4, -0.2) is 19.8 Å². The first-order valence-corrected chi connectivity index (χ1v) is 6.10. The van der Waals surface area contributed by atoms with Crippen LogP contribution in [0.4, 0.5) is 0 Å². The lowest BCUT2D eigenvalue weighted by Gasteiger charge is -2.31. The molecule has 0 atom stereocenters. The molecular formula is C13H15BrO3. The highest BCUT2D eigenvalue weighted by atomic mass is 79.9. The molecule has 0 spiro atoms. The van der Waals surface area contributed by atoms with Crippen molar-refractivity contribution in [3.63, 3.8) is 0 Å². The van der Waals surface area contributed by atoms with Crippen molar-refractivity contribution in [3.05, 3.63) is 22.2 Å². The lowest BCUT2D eigenvalue weighted by Crippen LogP contribution is -2.30. The normalized spacial score (nSPS) is 16.6. The smallest absolute Gasteiger partial charge is 0.164 e. The summed E-state index contributed by atoms with van der Waals surface area (Å²) >= 11 is 3.53. The average Bonchev–Trinajstić information content (AvgIpc) is 2.28. The zero-order chi connectivity index (χ0) is 12.6. The van der Waals surface area contributed by atoms with Crippen molar-refractivity contribution in [2.24, 2.45) is 0 Å². The molecule has 2 rings (SSSR count). The summed E-state index contributed by atoms with van der Waals surface area (Å²) in [5.74, 6) is 2.18. The van der Waals surface area contributed by atoms with Crippen molar-refractivity contribution >= 4 is 22.0 Å². The Morgan fingerprint density at radius 3 is 2.29 bits per heavy atom. The molecule has 4 heteroatoms. The molecular weight excluding hydrogens is 284 g/mol. The van der Waals surface area contributed by atoms with Crippen molar-refractivity contribution in [1.29, 1.82) is 0 Å². The van der Waals surface area contributed by atoms with Crippen molar-refractivity contribution < 1.29 is 14.2 Å². The minimum Gasteiger partial charge on any atom is -0.493 e. The molecule has 0 saturated heterocycles. The lowest BCUT2D eigenvalue weighted by atomic mass is 10.0. The molecule has 1 aliphatic rings. The van der Waals surface area contributed by atoms with Crippen molar-refractivity contribution in [2.45, 2.75) is 19.4 Å². The highest BCUT2D eigenvalue weighted by Crippen LogP contribution is 2.43. The van der Waals surface area contributed by atoms with Crippen molar-refractivity contribution in [3.8, 4) is 17.2 Å². The van der Waals surface area contributed by atoms with Crippen LogP contribution in [0.2, 0.25) is 0 Å². The zero-order valence-electron chi connectivity index (χ0n) is 10.3. The van der Waals surface area contributed by atoms with Crippen LogP contribution < -0.4 is 14.2 Å². The van der Waals surface area contributed by atoms with Crippen LogP contribution >= 0.6 is 15.9 Å². The van der Waals surface area contributed by atoms with E-state index >= 15 is 0 Å². The summed E-state index contributed by atoms with van der Waals surface area (Å²) in [6.07, 6.45) is 2.04. The number of ether oxygens (including phenoxy) is 3. The standard InChI is InChI=1S/C13H15BrO3/c1-13(2)12(14)6-8-5-10(15-3)11(16-4)7-9(8)17-13/h5-7H,1-4H3. The molecule has 0 radical (unpaired) electrons. The fourth-order valence-corrected chi connectivity index (χ4v) is 2.04. The zero-order valence-corrected chi connectivity index (χ0v) is 11.9. The Kier molecular flexibility index (Phi) is 3.08. The summed E-state index contributed by atoms with van der Waals surface area (Å²) in [4.78, 5) is 0. The third-order valence-electron chi connectivity index (χ3n) is 2.74. The molecule has 92 valence electrons. The molecule has 0 bridgehead atoms. The molecule has 0 aromatic heterocycles. The maximum Gasteiger partial charge on any atom is 0.164 e. The number of halogens is 1. The average molecular weight is 299 g/mol. The third-order valence-corrected chi connectivity index (χ3v) is 3.92. The van der Waals surface area contributed by atoms with E-state index in [0.29, 0.717) is 11.5 Å². The van der Waals surface area contributed by atoms with Gasteiger partial charge in [-0.15, -0.1) is 0 Å². The van der Waals surface area contributed by atoms with Gasteiger partial charge in [0, 0.05) is 16.1 Å². The summed E-state index contributed by atoms with van der Waals surface area (Å²) in [5.41, 5.74) is 0.626. The Morgan fingerprint density at radius 2 is 1.71 bits per heavy atom. The first-order valence-electron chi connectivity index (χ1n) is 5.30. The van der Waals surface area contributed by atoms with E-state index in [0.717, 1.165) is 15.8 Å². The highest BCUT2D eigenvalue weighted by Gasteiger charge is 2.29. The number of methoxy groups -OCH3 is 2. The van der Waals surface area contributed by atoms with E-state index in [-0.39, 0.29) is 5.60 Å². The topological polar surface area (TPSA) is 27.7 Å². The number of fused-ring (bicyclic) bond motifs is 1. The molecule has 0 amide bonds. The van der Waals surface area contributed by atoms with Gasteiger partial charge < -0.3 is 14.2 Å². The van der Waals surface area contributed by atoms with Crippen LogP contribution in [0.5, 0.6) is 17.2 Å². The van der Waals surface area contributed by atoms with Gasteiger partial charge in [0.15, 0.2) is 11.5 Å². The largest absolute Gasteiger partial charge is 0.493 e. The lowest BCUT2D eigenvalue weighted by molar-refractivity contribution is 0.155. The van der Waals surface area contributed by atoms with E-state index in [2.05, 4.69) is 15.9 Å². The maximum absolute atomic E-state index is 5.92. The molecule has 1 aromatic rings. The Labute approximate surface area is 109 Å². The Morgan fingerprint density at radius 1 is 1.12 bits per heavy atom. The van der Waals surface area contributed by atoms with Gasteiger partial charge in [0.05, 0.1) is 14.2 Å². The minimum atomic E-state index is -0.355. The fraction of sp³-hybridized carbons (Fsp3) is 0.385. The summed E-state index contributed by atoms with van der Waals surface area (Å²) in [6, 6.07) is 3.76. The van der Waals surface area contributed by atoms with Gasteiger partial charge in [0.25, 0.3) is 0 Å². The van der Waals surface area contributed by atoms with E-state index < -0.39 is 0 Å². The van der Waals surface area contributed by atoms with Crippen LogP contribution in [0.3, 0.4) is 0 Å². The maximum atomic E-state index is 5.92. The van der Waals surface area contributed by atoms with Crippen LogP contribution in [0, 0.1) is 0 Å². The Bertz CT molecular complexity index is 478. The van der Waals surface area contributed by atoms with Gasteiger partial charge in [0.2, 0.25) is 0 Å². The van der Waals surface area contributed by atoms with Gasteiger partial charge in [-0.1, -0.05) is 15.9 Å². The summed E-state index contributed by atoms with van der Waals surface area (Å²) in [7, 11) is 3.24. The van der Waals surface area contributed by atoms with E-state index in [1.165, 1.54) is 0 Å². The Hall–Kier alpha value is -1.16. The summed E-state index contributed by atoms with van der Waals surface area (Å²) < 4.78 is 17.5. The molecule has 1 heterocycles. The van der Waals surface area contributed by atoms with Crippen LogP contribution in [-0.2, 0) is 0 Å². The first-order chi connectivity index (χ1) is 7.97. The second kappa shape index (κ2) is 4.26. The van der Waals surface area contributed by atoms with Gasteiger partial charge in [-0.25, -0.2) is 0 Å². The second-order valence-electron chi connectivity index (χ2n) is 4.35. The predicted octanol–water partition coefficient (Wildman–Crippen LogP) is 3.61. The quantitative estimate of drug-likeness (QED) is 0.835. The van der Waals surface area contributed by atoms with Gasteiger partial charge in [-0.2, -0.15) is 0 Å². The summed E-state index contributed by atoms with van der Waals surface area (Å²) in [6.45, 7) is 4.01. The third kappa shape index (κ3) is 2.14. The molecule has 0 aliphatic carbocycles. The van der Waals surface area contributed by atoms with Gasteiger partial charge in [0.1, 0.15) is 11.4 Å². The van der Waals surface area contributed by atoms with Gasteiger partial charge in [-0.05, 0) is 26.0 Å². The summed E-state index contributed by atoms with van der Waals surface area (Å²) in [5, 5.41) is 0. The number of benzene rings is 1. The van der Waals surface area contributed by atoms with Crippen LogP contribution in [0.15, 0.2) is 16.6 Å². The molecule has 0 fully saturated rings. The monoisotopic (exact) mass is 298 g/mol. The fourth-order valence-electron chi connectivity index (χ4n) is 1.71. The van der Waals surface area contributed by atoms with E-state index in [1.54, 1.807) is 14.2 Å². The second-order valence-corrected chi connectivity index (χ2v) is 5.20. The van der Waals surface area contributed by atoms with E-state index in [4.69, 9.17) is 14.2 Å². The van der Waals surface area contributed by atoms with Gasteiger partial charge >= 0.3 is 0 Å². The van der Waals surface area contributed by atoms with Crippen LogP contribution in [0.1, 0.15) is 19.4 Å². The molecule has 1 aliphatic heterocycles. The molecule has 0 N–H and O–H groups in total. The van der Waals surface area contributed by atoms with E-state index in [9.17, 15) is 0 Å². The van der Waals surface area contributed by atoms with Crippen LogP contribution in [0.25, 0.3) is 6.08 Å². The number of hydrogen-bond donors (Lipinski definition) is 0. The molecule has 0 saturated carbocycles. The first kappa shape index (κ1) is 12.3. The van der Waals surface area contributed by atoms with Crippen molar-refractivity contribution in [1.82, 2.24) is 0 Å². The molecule has 3 nitrogen and oxygen atoms in total. The highest BCUT2D eigenvalue weighted by molar-refractivity contribution is 9.11. The van der Waals surface area contributed by atoms with Crippen molar-refractivity contribution in [2.75, 3.05) is 14.2 Å².